The summed E-state index contributed by atoms with van der Waals surface area (Å²) in [5.74, 6) is 0. The van der Waals surface area contributed by atoms with Gasteiger partial charge in [0.15, 0.2) is 0 Å². The van der Waals surface area contributed by atoms with E-state index in [0.717, 1.165) is 25.9 Å². The topological polar surface area (TPSA) is 62.3 Å². The molecule has 0 saturated carbocycles. The molecule has 0 spiro atoms. The van der Waals surface area contributed by atoms with Crippen molar-refractivity contribution in [3.63, 3.8) is 0 Å². The smallest absolute Gasteiger partial charge is 0.222 e. The van der Waals surface area contributed by atoms with Gasteiger partial charge < -0.3 is 5.32 Å². The zero-order valence-electron chi connectivity index (χ0n) is 11.8. The van der Waals surface area contributed by atoms with Gasteiger partial charge in [0.25, 0.3) is 0 Å². The number of nitrogens with one attached hydrogen (secondary N) is 1. The minimum atomic E-state index is -3.36. The van der Waals surface area contributed by atoms with Gasteiger partial charge in [0.1, 0.15) is 5.25 Å². The third kappa shape index (κ3) is 3.69. The minimum Gasteiger partial charge on any atom is -0.315 e. The number of hydrogen-bond acceptors (Lipinski definition) is 4. The fraction of sp³-hybridized carbons (Fsp3) is 0.615. The molecule has 2 rings (SSSR count). The number of sulfonamides is 1. The summed E-state index contributed by atoms with van der Waals surface area (Å²) >= 11 is 0. The summed E-state index contributed by atoms with van der Waals surface area (Å²) in [6, 6.07) is 5.41. The first-order valence-corrected chi connectivity index (χ1v) is 8.12. The van der Waals surface area contributed by atoms with Crippen molar-refractivity contribution in [1.82, 2.24) is 14.6 Å². The molecular formula is C13H22ClN3O2S. The van der Waals surface area contributed by atoms with E-state index in [2.05, 4.69) is 10.3 Å². The van der Waals surface area contributed by atoms with Gasteiger partial charge in [0, 0.05) is 25.8 Å². The molecule has 1 saturated heterocycles. The number of piperidine rings is 1. The Labute approximate surface area is 127 Å². The molecular weight excluding hydrogens is 298 g/mol. The lowest BCUT2D eigenvalue weighted by Gasteiger charge is -2.32. The first-order chi connectivity index (χ1) is 9.03. The van der Waals surface area contributed by atoms with Crippen molar-refractivity contribution in [1.29, 1.82) is 0 Å². The Morgan fingerprint density at radius 3 is 2.75 bits per heavy atom. The van der Waals surface area contributed by atoms with Crippen LogP contribution >= 0.6 is 12.4 Å². The van der Waals surface area contributed by atoms with Gasteiger partial charge in [-0.2, -0.15) is 0 Å². The Hall–Kier alpha value is -0.690. The molecule has 5 nitrogen and oxygen atoms in total. The summed E-state index contributed by atoms with van der Waals surface area (Å²) in [7, 11) is -1.69. The van der Waals surface area contributed by atoms with E-state index in [-0.39, 0.29) is 18.4 Å². The van der Waals surface area contributed by atoms with Gasteiger partial charge in [-0.1, -0.05) is 6.07 Å². The standard InChI is InChI=1S/C13H21N3O2S.ClH/c1-11(13-7-3-4-9-15-13)19(17,18)16(2)12-6-5-8-14-10-12;/h3-4,7,9,11-12,14H,5-6,8,10H2,1-2H3;1H. The minimum absolute atomic E-state index is 0. The van der Waals surface area contributed by atoms with E-state index in [1.54, 1.807) is 32.3 Å². The third-order valence-corrected chi connectivity index (χ3v) is 5.97. The molecule has 0 radical (unpaired) electrons. The Morgan fingerprint density at radius 2 is 2.20 bits per heavy atom. The lowest BCUT2D eigenvalue weighted by molar-refractivity contribution is 0.297. The molecule has 114 valence electrons. The predicted molar refractivity (Wildman–Crippen MR) is 82.5 cm³/mol. The second-order valence-electron chi connectivity index (χ2n) is 4.96. The Kier molecular flexibility index (Phi) is 6.39. The van der Waals surface area contributed by atoms with Gasteiger partial charge in [0.2, 0.25) is 10.0 Å². The highest BCUT2D eigenvalue weighted by molar-refractivity contribution is 7.89. The maximum atomic E-state index is 12.6. The molecule has 0 amide bonds. The first-order valence-electron chi connectivity index (χ1n) is 6.62. The van der Waals surface area contributed by atoms with Crippen LogP contribution in [0.4, 0.5) is 0 Å². The van der Waals surface area contributed by atoms with Crippen LogP contribution in [0.5, 0.6) is 0 Å². The molecule has 0 aliphatic carbocycles. The third-order valence-electron chi connectivity index (χ3n) is 3.74. The molecule has 2 unspecified atom stereocenters. The van der Waals surface area contributed by atoms with Gasteiger partial charge in [-0.05, 0) is 38.4 Å². The van der Waals surface area contributed by atoms with Crippen molar-refractivity contribution in [2.24, 2.45) is 0 Å². The molecule has 2 atom stereocenters. The Morgan fingerprint density at radius 1 is 1.45 bits per heavy atom. The maximum absolute atomic E-state index is 12.6. The summed E-state index contributed by atoms with van der Waals surface area (Å²) < 4.78 is 26.7. The number of likely N-dealkylation sites (N-methyl/N-ethyl adjacent to an activating group) is 1. The van der Waals surface area contributed by atoms with Gasteiger partial charge in [-0.25, -0.2) is 12.7 Å². The van der Waals surface area contributed by atoms with E-state index < -0.39 is 15.3 Å². The van der Waals surface area contributed by atoms with Gasteiger partial charge >= 0.3 is 0 Å². The zero-order chi connectivity index (χ0) is 13.9. The molecule has 1 aliphatic heterocycles. The highest BCUT2D eigenvalue weighted by Crippen LogP contribution is 2.25. The lowest BCUT2D eigenvalue weighted by atomic mass is 10.1. The zero-order valence-corrected chi connectivity index (χ0v) is 13.5. The van der Waals surface area contributed by atoms with E-state index in [1.807, 2.05) is 6.07 Å². The number of halogens is 1. The van der Waals surface area contributed by atoms with E-state index >= 15 is 0 Å². The maximum Gasteiger partial charge on any atom is 0.222 e. The van der Waals surface area contributed by atoms with Crippen LogP contribution in [0.25, 0.3) is 0 Å². The lowest BCUT2D eigenvalue weighted by Crippen LogP contribution is -2.47. The van der Waals surface area contributed by atoms with E-state index in [4.69, 9.17) is 0 Å². The fourth-order valence-corrected chi connectivity index (χ4v) is 3.91. The molecule has 2 heterocycles. The van der Waals surface area contributed by atoms with Crippen LogP contribution in [0.2, 0.25) is 0 Å². The molecule has 7 heteroatoms. The number of aromatic nitrogens is 1. The summed E-state index contributed by atoms with van der Waals surface area (Å²) in [5, 5.41) is 2.63. The average Bonchev–Trinajstić information content (AvgIpc) is 2.47. The Bertz CT molecular complexity index is 504. The second-order valence-corrected chi connectivity index (χ2v) is 7.27. The van der Waals surface area contributed by atoms with E-state index in [0.29, 0.717) is 5.69 Å². The van der Waals surface area contributed by atoms with Crippen LogP contribution in [0.1, 0.15) is 30.7 Å². The molecule has 0 aromatic carbocycles. The first kappa shape index (κ1) is 17.4. The van der Waals surface area contributed by atoms with Gasteiger partial charge in [0.05, 0.1) is 5.69 Å². The number of rotatable bonds is 4. The quantitative estimate of drug-likeness (QED) is 0.915. The number of nitrogens with zero attached hydrogens (tertiary/aromatic N) is 2. The van der Waals surface area contributed by atoms with E-state index in [9.17, 15) is 8.42 Å². The monoisotopic (exact) mass is 319 g/mol. The number of hydrogen-bond donors (Lipinski definition) is 1. The van der Waals surface area contributed by atoms with Crippen molar-refractivity contribution in [3.05, 3.63) is 30.1 Å². The van der Waals surface area contributed by atoms with Crippen LogP contribution < -0.4 is 5.32 Å². The normalized spacial score (nSPS) is 21.2. The largest absolute Gasteiger partial charge is 0.315 e. The van der Waals surface area contributed by atoms with Crippen molar-refractivity contribution in [2.45, 2.75) is 31.1 Å². The summed E-state index contributed by atoms with van der Waals surface area (Å²) in [6.07, 6.45) is 3.56. The molecule has 1 aromatic heterocycles. The van der Waals surface area contributed by atoms with Crippen LogP contribution in [-0.2, 0) is 10.0 Å². The van der Waals surface area contributed by atoms with Crippen molar-refractivity contribution < 1.29 is 8.42 Å². The number of pyridine rings is 1. The van der Waals surface area contributed by atoms with Crippen molar-refractivity contribution in [2.75, 3.05) is 20.1 Å². The molecule has 1 N–H and O–H groups in total. The van der Waals surface area contributed by atoms with Crippen molar-refractivity contribution >= 4 is 22.4 Å². The van der Waals surface area contributed by atoms with Crippen LogP contribution in [0.15, 0.2) is 24.4 Å². The van der Waals surface area contributed by atoms with Crippen LogP contribution in [0, 0.1) is 0 Å². The molecule has 0 bridgehead atoms. The predicted octanol–water partition coefficient (Wildman–Crippen LogP) is 1.58. The highest BCUT2D eigenvalue weighted by Gasteiger charge is 2.33. The highest BCUT2D eigenvalue weighted by atomic mass is 35.5. The molecule has 1 aliphatic rings. The van der Waals surface area contributed by atoms with Gasteiger partial charge in [-0.3, -0.25) is 4.98 Å². The molecule has 20 heavy (non-hydrogen) atoms. The summed E-state index contributed by atoms with van der Waals surface area (Å²) in [5.41, 5.74) is 0.595. The van der Waals surface area contributed by atoms with Crippen molar-refractivity contribution in [3.8, 4) is 0 Å². The molecule has 1 aromatic rings. The van der Waals surface area contributed by atoms with E-state index in [1.165, 1.54) is 4.31 Å². The summed E-state index contributed by atoms with van der Waals surface area (Å²) in [4.78, 5) is 4.15. The van der Waals surface area contributed by atoms with Crippen LogP contribution in [0.3, 0.4) is 0 Å². The van der Waals surface area contributed by atoms with Gasteiger partial charge in [-0.15, -0.1) is 12.4 Å². The van der Waals surface area contributed by atoms with Crippen LogP contribution in [-0.4, -0.2) is 43.9 Å². The SMILES string of the molecule is CC(c1ccccn1)S(=O)(=O)N(C)C1CCCNC1.Cl. The Balaban J connectivity index is 0.00000200. The second kappa shape index (κ2) is 7.36. The molecule has 1 fully saturated rings. The fourth-order valence-electron chi connectivity index (χ4n) is 2.37. The summed E-state index contributed by atoms with van der Waals surface area (Å²) in [6.45, 7) is 3.40. The average molecular weight is 320 g/mol.